The topological polar surface area (TPSA) is 66.6 Å². The predicted molar refractivity (Wildman–Crippen MR) is 88.4 cm³/mol. The number of nitrogens with two attached hydrogens (primary N) is 1. The summed E-state index contributed by atoms with van der Waals surface area (Å²) in [6.07, 6.45) is 4.32. The summed E-state index contributed by atoms with van der Waals surface area (Å²) in [7, 11) is 0. The molecule has 1 atom stereocenters. The summed E-state index contributed by atoms with van der Waals surface area (Å²) in [4.78, 5) is 25.7. The number of hydrazine groups is 1. The number of aryl methyl sites for hydroxylation is 1. The SMILES string of the molecule is Cc1cc(F)ccc1C1(C(N)=O)CCCN(N2CCCCC2)C1=O. The molecule has 1 aromatic rings. The zero-order chi connectivity index (χ0) is 17.3. The van der Waals surface area contributed by atoms with Crippen molar-refractivity contribution >= 4 is 11.8 Å². The highest BCUT2D eigenvalue weighted by Crippen LogP contribution is 2.38. The Kier molecular flexibility index (Phi) is 4.58. The Hall–Kier alpha value is -1.95. The first-order valence-corrected chi connectivity index (χ1v) is 8.60. The third-order valence-electron chi connectivity index (χ3n) is 5.26. The molecule has 130 valence electrons. The molecule has 1 aromatic carbocycles. The maximum Gasteiger partial charge on any atom is 0.257 e. The minimum Gasteiger partial charge on any atom is -0.368 e. The average molecular weight is 333 g/mol. The average Bonchev–Trinajstić information content (AvgIpc) is 2.56. The van der Waals surface area contributed by atoms with E-state index < -0.39 is 11.3 Å². The maximum atomic E-state index is 13.5. The van der Waals surface area contributed by atoms with Crippen LogP contribution in [0.1, 0.15) is 43.2 Å². The van der Waals surface area contributed by atoms with Gasteiger partial charge in [-0.25, -0.2) is 9.40 Å². The fourth-order valence-corrected chi connectivity index (χ4v) is 4.03. The molecule has 0 aliphatic carbocycles. The molecular formula is C18H24FN3O2. The van der Waals surface area contributed by atoms with E-state index in [9.17, 15) is 14.0 Å². The molecule has 2 amide bonds. The highest BCUT2D eigenvalue weighted by atomic mass is 19.1. The van der Waals surface area contributed by atoms with Gasteiger partial charge in [0.25, 0.3) is 5.91 Å². The van der Waals surface area contributed by atoms with Crippen LogP contribution in [0.5, 0.6) is 0 Å². The van der Waals surface area contributed by atoms with Crippen molar-refractivity contribution in [2.45, 2.75) is 44.4 Å². The van der Waals surface area contributed by atoms with Crippen molar-refractivity contribution in [1.82, 2.24) is 10.0 Å². The van der Waals surface area contributed by atoms with E-state index >= 15 is 0 Å². The molecule has 1 unspecified atom stereocenters. The number of amides is 2. The Labute approximate surface area is 141 Å². The van der Waals surface area contributed by atoms with Crippen LogP contribution in [0.15, 0.2) is 18.2 Å². The van der Waals surface area contributed by atoms with E-state index in [4.69, 9.17) is 5.73 Å². The van der Waals surface area contributed by atoms with Gasteiger partial charge in [-0.2, -0.15) is 0 Å². The first-order chi connectivity index (χ1) is 11.5. The number of hydrogen-bond acceptors (Lipinski definition) is 3. The fourth-order valence-electron chi connectivity index (χ4n) is 4.03. The number of carbonyl (C=O) groups excluding carboxylic acids is 2. The summed E-state index contributed by atoms with van der Waals surface area (Å²) in [5.74, 6) is -1.30. The van der Waals surface area contributed by atoms with Crippen molar-refractivity contribution in [3.63, 3.8) is 0 Å². The number of primary amides is 1. The second-order valence-electron chi connectivity index (χ2n) is 6.77. The molecule has 24 heavy (non-hydrogen) atoms. The standard InChI is InChI=1S/C18H24FN3O2/c1-13-12-14(19)6-7-15(13)18(16(20)23)8-5-11-22(17(18)24)21-9-3-2-4-10-21/h6-7,12H,2-5,8-11H2,1H3,(H2,20,23). The summed E-state index contributed by atoms with van der Waals surface area (Å²) in [6, 6.07) is 4.18. The monoisotopic (exact) mass is 333 g/mol. The number of nitrogens with zero attached hydrogens (tertiary/aromatic N) is 2. The quantitative estimate of drug-likeness (QED) is 0.859. The van der Waals surface area contributed by atoms with Crippen LogP contribution in [0.3, 0.4) is 0 Å². The highest BCUT2D eigenvalue weighted by molar-refractivity contribution is 6.10. The van der Waals surface area contributed by atoms with Crippen LogP contribution in [0.25, 0.3) is 0 Å². The maximum absolute atomic E-state index is 13.5. The lowest BCUT2D eigenvalue weighted by molar-refractivity contribution is -0.165. The molecule has 0 saturated carbocycles. The molecule has 2 heterocycles. The number of rotatable bonds is 3. The lowest BCUT2D eigenvalue weighted by Gasteiger charge is -2.46. The predicted octanol–water partition coefficient (Wildman–Crippen LogP) is 1.88. The highest BCUT2D eigenvalue weighted by Gasteiger charge is 2.52. The van der Waals surface area contributed by atoms with Gasteiger partial charge in [0, 0.05) is 19.6 Å². The van der Waals surface area contributed by atoms with Crippen LogP contribution in [0.4, 0.5) is 4.39 Å². The number of carbonyl (C=O) groups is 2. The summed E-state index contributed by atoms with van der Waals surface area (Å²) < 4.78 is 13.5. The first-order valence-electron chi connectivity index (χ1n) is 8.60. The minimum atomic E-state index is -1.40. The second kappa shape index (κ2) is 6.51. The van der Waals surface area contributed by atoms with E-state index in [-0.39, 0.29) is 11.7 Å². The van der Waals surface area contributed by atoms with Gasteiger partial charge < -0.3 is 5.73 Å². The Balaban J connectivity index is 2.02. The van der Waals surface area contributed by atoms with Crippen molar-refractivity contribution in [2.75, 3.05) is 19.6 Å². The summed E-state index contributed by atoms with van der Waals surface area (Å²) in [5, 5.41) is 3.75. The first kappa shape index (κ1) is 16.9. The number of hydrogen-bond donors (Lipinski definition) is 1. The molecule has 5 nitrogen and oxygen atoms in total. The van der Waals surface area contributed by atoms with E-state index in [1.165, 1.54) is 18.2 Å². The number of halogens is 1. The molecule has 2 N–H and O–H groups in total. The summed E-state index contributed by atoms with van der Waals surface area (Å²) >= 11 is 0. The van der Waals surface area contributed by atoms with Gasteiger partial charge >= 0.3 is 0 Å². The molecule has 3 rings (SSSR count). The van der Waals surface area contributed by atoms with Crippen molar-refractivity contribution in [3.8, 4) is 0 Å². The van der Waals surface area contributed by atoms with E-state index in [2.05, 4.69) is 0 Å². The van der Waals surface area contributed by atoms with Gasteiger partial charge in [0.05, 0.1) is 0 Å². The van der Waals surface area contributed by atoms with Crippen LogP contribution in [0.2, 0.25) is 0 Å². The minimum absolute atomic E-state index is 0.266. The van der Waals surface area contributed by atoms with Gasteiger partial charge in [0.15, 0.2) is 5.41 Å². The van der Waals surface area contributed by atoms with Gasteiger partial charge in [0.1, 0.15) is 5.82 Å². The third kappa shape index (κ3) is 2.69. The van der Waals surface area contributed by atoms with Crippen LogP contribution in [0, 0.1) is 12.7 Å². The molecule has 0 spiro atoms. The van der Waals surface area contributed by atoms with Gasteiger partial charge in [-0.3, -0.25) is 14.6 Å². The van der Waals surface area contributed by atoms with E-state index in [0.29, 0.717) is 30.5 Å². The van der Waals surface area contributed by atoms with Crippen LogP contribution >= 0.6 is 0 Å². The molecule has 0 aromatic heterocycles. The molecular weight excluding hydrogens is 309 g/mol. The Morgan fingerprint density at radius 3 is 2.50 bits per heavy atom. The van der Waals surface area contributed by atoms with Crippen LogP contribution in [-0.4, -0.2) is 41.5 Å². The number of benzene rings is 1. The van der Waals surface area contributed by atoms with Crippen molar-refractivity contribution in [1.29, 1.82) is 0 Å². The number of piperidine rings is 2. The van der Waals surface area contributed by atoms with Crippen LogP contribution < -0.4 is 5.73 Å². The summed E-state index contributed by atoms with van der Waals surface area (Å²) in [5.41, 5.74) is 5.45. The molecule has 2 saturated heterocycles. The Morgan fingerprint density at radius 2 is 1.88 bits per heavy atom. The van der Waals surface area contributed by atoms with E-state index in [1.807, 2.05) is 5.01 Å². The Bertz CT molecular complexity index is 658. The molecule has 2 aliphatic heterocycles. The molecule has 2 aliphatic rings. The normalized spacial score (nSPS) is 25.8. The summed E-state index contributed by atoms with van der Waals surface area (Å²) in [6.45, 7) is 3.97. The molecule has 0 radical (unpaired) electrons. The van der Waals surface area contributed by atoms with Gasteiger partial charge in [0.2, 0.25) is 5.91 Å². The fraction of sp³-hybridized carbons (Fsp3) is 0.556. The van der Waals surface area contributed by atoms with Gasteiger partial charge in [-0.1, -0.05) is 12.5 Å². The van der Waals surface area contributed by atoms with Crippen molar-refractivity contribution < 1.29 is 14.0 Å². The Morgan fingerprint density at radius 1 is 1.17 bits per heavy atom. The van der Waals surface area contributed by atoms with Crippen molar-refractivity contribution in [2.24, 2.45) is 5.73 Å². The van der Waals surface area contributed by atoms with E-state index in [0.717, 1.165) is 32.4 Å². The zero-order valence-corrected chi connectivity index (χ0v) is 14.1. The van der Waals surface area contributed by atoms with Crippen LogP contribution in [-0.2, 0) is 15.0 Å². The third-order valence-corrected chi connectivity index (χ3v) is 5.26. The smallest absolute Gasteiger partial charge is 0.257 e. The molecule has 2 fully saturated rings. The second-order valence-corrected chi connectivity index (χ2v) is 6.77. The van der Waals surface area contributed by atoms with Gasteiger partial charge in [-0.15, -0.1) is 0 Å². The largest absolute Gasteiger partial charge is 0.368 e. The molecule has 6 heteroatoms. The zero-order valence-electron chi connectivity index (χ0n) is 14.1. The molecule has 0 bridgehead atoms. The van der Waals surface area contributed by atoms with Gasteiger partial charge in [-0.05, 0) is 55.9 Å². The van der Waals surface area contributed by atoms with E-state index in [1.54, 1.807) is 11.9 Å². The lowest BCUT2D eigenvalue weighted by Crippen LogP contribution is -2.63. The lowest BCUT2D eigenvalue weighted by atomic mass is 9.71. The van der Waals surface area contributed by atoms with Crippen molar-refractivity contribution in [3.05, 3.63) is 35.1 Å².